The summed E-state index contributed by atoms with van der Waals surface area (Å²) < 4.78 is 1.20. The van der Waals surface area contributed by atoms with Crippen molar-refractivity contribution in [3.63, 3.8) is 0 Å². The molecule has 1 heteroatoms. The highest BCUT2D eigenvalue weighted by molar-refractivity contribution is 9.11. The Balaban J connectivity index is 3.40. The standard InChI is InChI=1S/C10H17Br/c1-3-5-6-7-9-10(11)8-4-2/h4,8-9H,3,5-7H2,1-2H3/b8-4+,10-9-. The average molecular weight is 217 g/mol. The summed E-state index contributed by atoms with van der Waals surface area (Å²) >= 11 is 3.46. The minimum atomic E-state index is 1.19. The van der Waals surface area contributed by atoms with E-state index in [1.807, 2.05) is 13.0 Å². The highest BCUT2D eigenvalue weighted by Gasteiger charge is 1.84. The van der Waals surface area contributed by atoms with Crippen LogP contribution in [0.1, 0.15) is 39.5 Å². The molecular formula is C10H17Br. The summed E-state index contributed by atoms with van der Waals surface area (Å²) in [5.41, 5.74) is 0. The molecule has 0 saturated heterocycles. The predicted octanol–water partition coefficient (Wildman–Crippen LogP) is 4.42. The van der Waals surface area contributed by atoms with Crippen LogP contribution in [0.5, 0.6) is 0 Å². The van der Waals surface area contributed by atoms with Crippen LogP contribution in [0.2, 0.25) is 0 Å². The van der Waals surface area contributed by atoms with Crippen molar-refractivity contribution in [3.05, 3.63) is 22.7 Å². The van der Waals surface area contributed by atoms with E-state index in [4.69, 9.17) is 0 Å². The van der Waals surface area contributed by atoms with Crippen LogP contribution in [-0.2, 0) is 0 Å². The second kappa shape index (κ2) is 8.06. The third kappa shape index (κ3) is 7.86. The van der Waals surface area contributed by atoms with Crippen LogP contribution in [0.3, 0.4) is 0 Å². The van der Waals surface area contributed by atoms with Gasteiger partial charge in [0.1, 0.15) is 0 Å². The van der Waals surface area contributed by atoms with E-state index >= 15 is 0 Å². The van der Waals surface area contributed by atoms with E-state index < -0.39 is 0 Å². The van der Waals surface area contributed by atoms with Crippen molar-refractivity contribution in [3.8, 4) is 0 Å². The lowest BCUT2D eigenvalue weighted by Crippen LogP contribution is -1.71. The van der Waals surface area contributed by atoms with Gasteiger partial charge in [0, 0.05) is 4.48 Å². The number of halogens is 1. The van der Waals surface area contributed by atoms with E-state index in [0.29, 0.717) is 0 Å². The summed E-state index contributed by atoms with van der Waals surface area (Å²) in [7, 11) is 0. The molecule has 0 radical (unpaired) electrons. The quantitative estimate of drug-likeness (QED) is 0.472. The first-order chi connectivity index (χ1) is 5.31. The van der Waals surface area contributed by atoms with Gasteiger partial charge in [-0.1, -0.05) is 53.9 Å². The van der Waals surface area contributed by atoms with E-state index in [1.165, 1.54) is 30.2 Å². The largest absolute Gasteiger partial charge is 0.0866 e. The van der Waals surface area contributed by atoms with E-state index in [-0.39, 0.29) is 0 Å². The summed E-state index contributed by atoms with van der Waals surface area (Å²) in [6.45, 7) is 4.26. The van der Waals surface area contributed by atoms with Gasteiger partial charge in [0.2, 0.25) is 0 Å². The number of allylic oxidation sites excluding steroid dienone is 4. The van der Waals surface area contributed by atoms with Crippen LogP contribution >= 0.6 is 15.9 Å². The Hall–Kier alpha value is -0.0400. The van der Waals surface area contributed by atoms with E-state index in [9.17, 15) is 0 Å². The molecule has 11 heavy (non-hydrogen) atoms. The zero-order valence-electron chi connectivity index (χ0n) is 7.44. The van der Waals surface area contributed by atoms with Crippen LogP contribution in [0, 0.1) is 0 Å². The molecule has 0 aliphatic rings. The van der Waals surface area contributed by atoms with E-state index in [0.717, 1.165) is 0 Å². The minimum absolute atomic E-state index is 1.19. The Morgan fingerprint density at radius 3 is 2.64 bits per heavy atom. The van der Waals surface area contributed by atoms with Gasteiger partial charge in [0.05, 0.1) is 0 Å². The molecule has 0 N–H and O–H groups in total. The Kier molecular flexibility index (Phi) is 8.03. The molecule has 0 aromatic heterocycles. The van der Waals surface area contributed by atoms with Crippen molar-refractivity contribution in [2.24, 2.45) is 0 Å². The lowest BCUT2D eigenvalue weighted by molar-refractivity contribution is 0.729. The number of unbranched alkanes of at least 4 members (excludes halogenated alkanes) is 3. The zero-order valence-corrected chi connectivity index (χ0v) is 9.02. The Labute approximate surface area is 78.5 Å². The van der Waals surface area contributed by atoms with E-state index in [1.54, 1.807) is 0 Å². The molecule has 0 aliphatic carbocycles. The average Bonchev–Trinajstić information content (AvgIpc) is 1.99. The van der Waals surface area contributed by atoms with Crippen LogP contribution in [0.15, 0.2) is 22.7 Å². The first-order valence-electron chi connectivity index (χ1n) is 4.29. The zero-order chi connectivity index (χ0) is 8.53. The third-order valence-corrected chi connectivity index (χ3v) is 2.06. The smallest absolute Gasteiger partial charge is 0.0132 e. The monoisotopic (exact) mass is 216 g/mol. The molecule has 0 aromatic carbocycles. The Bertz CT molecular complexity index is 134. The molecule has 0 saturated carbocycles. The maximum Gasteiger partial charge on any atom is 0.0132 e. The molecule has 0 aliphatic heterocycles. The van der Waals surface area contributed by atoms with Crippen molar-refractivity contribution < 1.29 is 0 Å². The molecule has 0 nitrogen and oxygen atoms in total. The van der Waals surface area contributed by atoms with Gasteiger partial charge in [-0.05, 0) is 19.8 Å². The van der Waals surface area contributed by atoms with Crippen molar-refractivity contribution in [1.29, 1.82) is 0 Å². The first kappa shape index (κ1) is 11.0. The molecule has 0 heterocycles. The molecule has 0 aromatic rings. The highest BCUT2D eigenvalue weighted by atomic mass is 79.9. The van der Waals surface area contributed by atoms with Crippen molar-refractivity contribution in [2.45, 2.75) is 39.5 Å². The molecule has 0 atom stereocenters. The van der Waals surface area contributed by atoms with Crippen molar-refractivity contribution >= 4 is 15.9 Å². The summed E-state index contributed by atoms with van der Waals surface area (Å²) in [4.78, 5) is 0. The summed E-state index contributed by atoms with van der Waals surface area (Å²) in [6.07, 6.45) is 11.5. The number of hydrogen-bond acceptors (Lipinski definition) is 0. The van der Waals surface area contributed by atoms with Gasteiger partial charge >= 0.3 is 0 Å². The van der Waals surface area contributed by atoms with Gasteiger partial charge in [-0.2, -0.15) is 0 Å². The van der Waals surface area contributed by atoms with Gasteiger partial charge in [0.25, 0.3) is 0 Å². The Morgan fingerprint density at radius 2 is 2.09 bits per heavy atom. The number of hydrogen-bond donors (Lipinski definition) is 0. The first-order valence-corrected chi connectivity index (χ1v) is 5.09. The van der Waals surface area contributed by atoms with Crippen LogP contribution in [0.4, 0.5) is 0 Å². The van der Waals surface area contributed by atoms with Gasteiger partial charge in [-0.15, -0.1) is 0 Å². The summed E-state index contributed by atoms with van der Waals surface area (Å²) in [5, 5.41) is 0. The molecule has 0 rings (SSSR count). The summed E-state index contributed by atoms with van der Waals surface area (Å²) in [6, 6.07) is 0. The minimum Gasteiger partial charge on any atom is -0.0866 e. The maximum absolute atomic E-state index is 3.46. The lowest BCUT2D eigenvalue weighted by atomic mass is 10.2. The lowest BCUT2D eigenvalue weighted by Gasteiger charge is -1.92. The van der Waals surface area contributed by atoms with Crippen molar-refractivity contribution in [2.75, 3.05) is 0 Å². The Morgan fingerprint density at radius 1 is 1.36 bits per heavy atom. The SMILES string of the molecule is C/C=C/C(Br)=C/CCCCC. The molecule has 64 valence electrons. The molecule has 0 unspecified atom stereocenters. The molecule has 0 fully saturated rings. The third-order valence-electron chi connectivity index (χ3n) is 1.47. The highest BCUT2D eigenvalue weighted by Crippen LogP contribution is 2.10. The second-order valence-electron chi connectivity index (χ2n) is 2.58. The topological polar surface area (TPSA) is 0 Å². The normalized spacial score (nSPS) is 12.8. The predicted molar refractivity (Wildman–Crippen MR) is 56.0 cm³/mol. The maximum atomic E-state index is 3.46. The van der Waals surface area contributed by atoms with Gasteiger partial charge in [-0.3, -0.25) is 0 Å². The van der Waals surface area contributed by atoms with Gasteiger partial charge in [-0.25, -0.2) is 0 Å². The second-order valence-corrected chi connectivity index (χ2v) is 3.50. The molecule has 0 amide bonds. The van der Waals surface area contributed by atoms with Crippen molar-refractivity contribution in [1.82, 2.24) is 0 Å². The molecule has 0 bridgehead atoms. The fourth-order valence-corrected chi connectivity index (χ4v) is 1.35. The molecular weight excluding hydrogens is 200 g/mol. The van der Waals surface area contributed by atoms with Crippen LogP contribution in [0.25, 0.3) is 0 Å². The van der Waals surface area contributed by atoms with Gasteiger partial charge in [0.15, 0.2) is 0 Å². The molecule has 0 spiro atoms. The van der Waals surface area contributed by atoms with Gasteiger partial charge < -0.3 is 0 Å². The summed E-state index contributed by atoms with van der Waals surface area (Å²) in [5.74, 6) is 0. The van der Waals surface area contributed by atoms with Crippen LogP contribution in [-0.4, -0.2) is 0 Å². The number of rotatable bonds is 5. The van der Waals surface area contributed by atoms with E-state index in [2.05, 4.69) is 35.0 Å². The fourth-order valence-electron chi connectivity index (χ4n) is 0.862. The fraction of sp³-hybridized carbons (Fsp3) is 0.600. The van der Waals surface area contributed by atoms with Crippen LogP contribution < -0.4 is 0 Å².